The molecule has 1 aromatic heterocycles. The number of nitrogens with zero attached hydrogens (tertiary/aromatic N) is 3. The highest BCUT2D eigenvalue weighted by Gasteiger charge is 2.26. The summed E-state index contributed by atoms with van der Waals surface area (Å²) in [5.41, 5.74) is 2.57. The number of hydrogen-bond acceptors (Lipinski definition) is 4. The maximum Gasteiger partial charge on any atom is 0.341 e. The Kier molecular flexibility index (Phi) is 6.34. The average molecular weight is 385 g/mol. The predicted octanol–water partition coefficient (Wildman–Crippen LogP) is 3.20. The molecule has 1 heterocycles. The van der Waals surface area contributed by atoms with E-state index < -0.39 is 5.97 Å². The van der Waals surface area contributed by atoms with Gasteiger partial charge in [0.15, 0.2) is 6.61 Å². The smallest absolute Gasteiger partial charge is 0.341 e. The zero-order valence-electron chi connectivity index (χ0n) is 16.4. The van der Waals surface area contributed by atoms with Crippen molar-refractivity contribution in [3.05, 3.63) is 47.3 Å². The fourth-order valence-electron chi connectivity index (χ4n) is 3.74. The fraction of sp³-hybridized carbons (Fsp3) is 0.476. The van der Waals surface area contributed by atoms with E-state index in [1.807, 2.05) is 25.4 Å². The number of benzene rings is 1. The van der Waals surface area contributed by atoms with Crippen LogP contribution in [0.15, 0.2) is 30.5 Å². The normalized spacial score (nSPS) is 14.6. The van der Waals surface area contributed by atoms with Crippen LogP contribution in [0.2, 0.25) is 0 Å². The highest BCUT2D eigenvalue weighted by Crippen LogP contribution is 2.33. The Labute approximate surface area is 164 Å². The van der Waals surface area contributed by atoms with E-state index in [0.717, 1.165) is 24.1 Å². The number of aromatic nitrogens is 2. The second kappa shape index (κ2) is 8.91. The molecule has 1 fully saturated rings. The Hall–Kier alpha value is -2.83. The zero-order valence-corrected chi connectivity index (χ0v) is 16.4. The van der Waals surface area contributed by atoms with Gasteiger partial charge in [0, 0.05) is 32.8 Å². The molecule has 0 saturated heterocycles. The van der Waals surface area contributed by atoms with Gasteiger partial charge in [-0.25, -0.2) is 4.79 Å². The van der Waals surface area contributed by atoms with E-state index in [4.69, 9.17) is 9.84 Å². The maximum absolute atomic E-state index is 13.1. The Bertz CT molecular complexity index is 823. The number of rotatable bonds is 7. The largest absolute Gasteiger partial charge is 0.482 e. The summed E-state index contributed by atoms with van der Waals surface area (Å²) in [5, 5.41) is 13.3. The predicted molar refractivity (Wildman–Crippen MR) is 104 cm³/mol. The van der Waals surface area contributed by atoms with Crippen LogP contribution in [-0.4, -0.2) is 45.3 Å². The van der Waals surface area contributed by atoms with Gasteiger partial charge in [0.1, 0.15) is 5.75 Å². The minimum atomic E-state index is -1.01. The van der Waals surface area contributed by atoms with Gasteiger partial charge in [-0.15, -0.1) is 0 Å². The van der Waals surface area contributed by atoms with Crippen molar-refractivity contribution in [2.24, 2.45) is 7.05 Å². The molecule has 0 unspecified atom stereocenters. The minimum absolute atomic E-state index is 0.0279. The molecular weight excluding hydrogens is 358 g/mol. The zero-order chi connectivity index (χ0) is 20.1. The van der Waals surface area contributed by atoms with E-state index in [-0.39, 0.29) is 12.5 Å². The summed E-state index contributed by atoms with van der Waals surface area (Å²) >= 11 is 0. The van der Waals surface area contributed by atoms with Gasteiger partial charge in [0.25, 0.3) is 5.91 Å². The molecule has 150 valence electrons. The summed E-state index contributed by atoms with van der Waals surface area (Å²) in [6.45, 7) is 0.0831. The molecule has 1 aliphatic carbocycles. The molecule has 0 bridgehead atoms. The average Bonchev–Trinajstić information content (AvgIpc) is 3.09. The van der Waals surface area contributed by atoms with Gasteiger partial charge in [-0.3, -0.25) is 9.48 Å². The maximum atomic E-state index is 13.1. The second-order valence-corrected chi connectivity index (χ2v) is 7.42. The van der Waals surface area contributed by atoms with Crippen LogP contribution < -0.4 is 4.74 Å². The van der Waals surface area contributed by atoms with Crippen molar-refractivity contribution < 1.29 is 19.4 Å². The molecule has 0 spiro atoms. The van der Waals surface area contributed by atoms with Crippen LogP contribution in [0.5, 0.6) is 5.75 Å². The van der Waals surface area contributed by atoms with Gasteiger partial charge in [0.05, 0.1) is 11.3 Å². The topological polar surface area (TPSA) is 84.7 Å². The van der Waals surface area contributed by atoms with E-state index in [2.05, 4.69) is 5.10 Å². The number of carboxylic acid groups (broad SMARTS) is 1. The van der Waals surface area contributed by atoms with Crippen molar-refractivity contribution in [2.75, 3.05) is 13.7 Å². The fourth-order valence-corrected chi connectivity index (χ4v) is 3.74. The SMILES string of the molecule is CN(Cc1ccc(OCC(=O)O)cc1)C(=O)c1cn(C)nc1C1CCCCC1. The van der Waals surface area contributed by atoms with Crippen molar-refractivity contribution in [2.45, 2.75) is 44.6 Å². The summed E-state index contributed by atoms with van der Waals surface area (Å²) in [5.74, 6) is -0.181. The van der Waals surface area contributed by atoms with Crippen LogP contribution in [-0.2, 0) is 18.4 Å². The van der Waals surface area contributed by atoms with Gasteiger partial charge in [-0.1, -0.05) is 31.4 Å². The van der Waals surface area contributed by atoms with E-state index in [1.165, 1.54) is 19.3 Å². The highest BCUT2D eigenvalue weighted by atomic mass is 16.5. The number of ether oxygens (including phenoxy) is 1. The number of amides is 1. The third-order valence-corrected chi connectivity index (χ3v) is 5.13. The van der Waals surface area contributed by atoms with Crippen molar-refractivity contribution in [3.8, 4) is 5.75 Å². The molecule has 28 heavy (non-hydrogen) atoms. The number of aliphatic carboxylic acids is 1. The molecule has 3 rings (SSSR count). The molecule has 7 heteroatoms. The monoisotopic (exact) mass is 385 g/mol. The van der Waals surface area contributed by atoms with Crippen molar-refractivity contribution in [1.82, 2.24) is 14.7 Å². The number of carboxylic acids is 1. The lowest BCUT2D eigenvalue weighted by Crippen LogP contribution is -2.27. The molecule has 2 aromatic rings. The lowest BCUT2D eigenvalue weighted by atomic mass is 9.85. The molecule has 1 N–H and O–H groups in total. The summed E-state index contributed by atoms with van der Waals surface area (Å²) in [6.07, 6.45) is 7.67. The lowest BCUT2D eigenvalue weighted by molar-refractivity contribution is -0.139. The van der Waals surface area contributed by atoms with Crippen molar-refractivity contribution >= 4 is 11.9 Å². The Morgan fingerprint density at radius 3 is 2.54 bits per heavy atom. The Balaban J connectivity index is 1.67. The number of carbonyl (C=O) groups is 2. The van der Waals surface area contributed by atoms with Gasteiger partial charge < -0.3 is 14.7 Å². The van der Waals surface area contributed by atoms with Gasteiger partial charge >= 0.3 is 5.97 Å². The van der Waals surface area contributed by atoms with Gasteiger partial charge in [-0.05, 0) is 30.5 Å². The van der Waals surface area contributed by atoms with Crippen LogP contribution in [0, 0.1) is 0 Å². The van der Waals surface area contributed by atoms with E-state index in [1.54, 1.807) is 28.8 Å². The number of carbonyl (C=O) groups excluding carboxylic acids is 1. The molecule has 0 radical (unpaired) electrons. The summed E-state index contributed by atoms with van der Waals surface area (Å²) in [4.78, 5) is 25.3. The molecule has 1 aliphatic rings. The first kappa shape index (κ1) is 19.9. The molecule has 1 aromatic carbocycles. The second-order valence-electron chi connectivity index (χ2n) is 7.42. The molecule has 1 amide bonds. The molecular formula is C21H27N3O4. The van der Waals surface area contributed by atoms with E-state index >= 15 is 0 Å². The summed E-state index contributed by atoms with van der Waals surface area (Å²) in [6, 6.07) is 7.11. The summed E-state index contributed by atoms with van der Waals surface area (Å²) in [7, 11) is 3.65. The lowest BCUT2D eigenvalue weighted by Gasteiger charge is -2.22. The third-order valence-electron chi connectivity index (χ3n) is 5.13. The van der Waals surface area contributed by atoms with Crippen LogP contribution in [0.4, 0.5) is 0 Å². The number of aryl methyl sites for hydroxylation is 1. The Morgan fingerprint density at radius 1 is 1.21 bits per heavy atom. The van der Waals surface area contributed by atoms with E-state index in [0.29, 0.717) is 23.8 Å². The first-order chi connectivity index (χ1) is 13.4. The first-order valence-corrected chi connectivity index (χ1v) is 9.66. The standard InChI is InChI=1S/C21H27N3O4/c1-23(12-15-8-10-17(11-9-15)28-14-19(25)26)21(27)18-13-24(2)22-20(18)16-6-4-3-5-7-16/h8-11,13,16H,3-7,12,14H2,1-2H3,(H,25,26). The van der Waals surface area contributed by atoms with Crippen molar-refractivity contribution in [1.29, 1.82) is 0 Å². The number of hydrogen-bond donors (Lipinski definition) is 1. The minimum Gasteiger partial charge on any atom is -0.482 e. The van der Waals surface area contributed by atoms with Gasteiger partial charge in [-0.2, -0.15) is 5.10 Å². The summed E-state index contributed by atoms with van der Waals surface area (Å²) < 4.78 is 6.87. The Morgan fingerprint density at radius 2 is 1.89 bits per heavy atom. The van der Waals surface area contributed by atoms with Crippen LogP contribution in [0.3, 0.4) is 0 Å². The molecule has 0 aliphatic heterocycles. The van der Waals surface area contributed by atoms with Gasteiger partial charge in [0.2, 0.25) is 0 Å². The molecule has 0 atom stereocenters. The van der Waals surface area contributed by atoms with Crippen LogP contribution in [0.1, 0.15) is 59.6 Å². The van der Waals surface area contributed by atoms with E-state index in [9.17, 15) is 9.59 Å². The first-order valence-electron chi connectivity index (χ1n) is 9.66. The third kappa shape index (κ3) is 4.91. The van der Waals surface area contributed by atoms with Crippen LogP contribution >= 0.6 is 0 Å². The highest BCUT2D eigenvalue weighted by molar-refractivity contribution is 5.95. The molecule has 1 saturated carbocycles. The molecule has 7 nitrogen and oxygen atoms in total. The van der Waals surface area contributed by atoms with Crippen molar-refractivity contribution in [3.63, 3.8) is 0 Å². The van der Waals surface area contributed by atoms with Crippen LogP contribution in [0.25, 0.3) is 0 Å². The quantitative estimate of drug-likeness (QED) is 0.791.